The van der Waals surface area contributed by atoms with Crippen LogP contribution in [0.5, 0.6) is 5.75 Å². The zero-order chi connectivity index (χ0) is 31.2. The molecular formula is C33H30ClF3N3O4+. The van der Waals surface area contributed by atoms with Gasteiger partial charge in [0.15, 0.2) is 0 Å². The minimum absolute atomic E-state index is 0.126. The molecule has 0 bridgehead atoms. The monoisotopic (exact) mass is 624 g/mol. The first-order valence-corrected chi connectivity index (χ1v) is 14.7. The molecule has 1 fully saturated rings. The van der Waals surface area contributed by atoms with Crippen molar-refractivity contribution < 1.29 is 37.1 Å². The van der Waals surface area contributed by atoms with Crippen molar-refractivity contribution in [3.05, 3.63) is 100 Å². The van der Waals surface area contributed by atoms with Gasteiger partial charge in [0.25, 0.3) is 0 Å². The Bertz CT molecular complexity index is 1760. The molecule has 0 radical (unpaired) electrons. The SMILES string of the molecule is C[N+](C(=O)c1cccc(C(F)(F)F)c1Cl)(C1CCN(c2ccc3cnccc3c2)CC1)C1CCc2ccc(OC(=O)O)cc21. The summed E-state index contributed by atoms with van der Waals surface area (Å²) in [7, 11) is 1.78. The number of quaternary nitrogens is 1. The number of aromatic nitrogens is 1. The average molecular weight is 625 g/mol. The number of alkyl halides is 3. The molecule has 1 aliphatic heterocycles. The number of hydrogen-bond acceptors (Lipinski definition) is 5. The summed E-state index contributed by atoms with van der Waals surface area (Å²) in [4.78, 5) is 32.3. The largest absolute Gasteiger partial charge is 0.511 e. The maximum absolute atomic E-state index is 14.6. The van der Waals surface area contributed by atoms with E-state index in [4.69, 9.17) is 16.3 Å². The number of ether oxygens (including phenoxy) is 1. The second kappa shape index (κ2) is 11.4. The van der Waals surface area contributed by atoms with E-state index in [1.165, 1.54) is 12.1 Å². The van der Waals surface area contributed by atoms with E-state index in [2.05, 4.69) is 16.0 Å². The van der Waals surface area contributed by atoms with Gasteiger partial charge in [-0.1, -0.05) is 29.8 Å². The van der Waals surface area contributed by atoms with Gasteiger partial charge in [-0.15, -0.1) is 0 Å². The van der Waals surface area contributed by atoms with Gasteiger partial charge in [0.05, 0.1) is 29.2 Å². The molecule has 1 aromatic heterocycles. The van der Waals surface area contributed by atoms with Gasteiger partial charge >= 0.3 is 18.2 Å². The number of piperidine rings is 1. The Morgan fingerprint density at radius 1 is 1.02 bits per heavy atom. The van der Waals surface area contributed by atoms with Gasteiger partial charge < -0.3 is 14.7 Å². The predicted molar refractivity (Wildman–Crippen MR) is 160 cm³/mol. The topological polar surface area (TPSA) is 79.7 Å². The van der Waals surface area contributed by atoms with Crippen LogP contribution >= 0.6 is 11.6 Å². The fourth-order valence-electron chi connectivity index (χ4n) is 6.95. The van der Waals surface area contributed by atoms with E-state index in [0.29, 0.717) is 38.8 Å². The summed E-state index contributed by atoms with van der Waals surface area (Å²) in [5.41, 5.74) is 1.52. The Labute approximate surface area is 257 Å². The molecule has 1 aliphatic carbocycles. The summed E-state index contributed by atoms with van der Waals surface area (Å²) >= 11 is 6.32. The minimum atomic E-state index is -4.72. The predicted octanol–water partition coefficient (Wildman–Crippen LogP) is 7.91. The molecule has 1 N–H and O–H groups in total. The van der Waals surface area contributed by atoms with Crippen LogP contribution in [-0.2, 0) is 12.6 Å². The quantitative estimate of drug-likeness (QED) is 0.138. The highest BCUT2D eigenvalue weighted by Crippen LogP contribution is 2.47. The lowest BCUT2D eigenvalue weighted by molar-refractivity contribution is -0.887. The van der Waals surface area contributed by atoms with Crippen molar-refractivity contribution >= 4 is 40.1 Å². The summed E-state index contributed by atoms with van der Waals surface area (Å²) in [6.45, 7) is 1.28. The van der Waals surface area contributed by atoms with Gasteiger partial charge in [-0.2, -0.15) is 13.2 Å². The molecule has 44 heavy (non-hydrogen) atoms. The minimum Gasteiger partial charge on any atom is -0.449 e. The molecule has 4 aromatic rings. The first-order chi connectivity index (χ1) is 21.0. The number of anilines is 1. The van der Waals surface area contributed by atoms with Crippen LogP contribution in [0.2, 0.25) is 5.02 Å². The highest BCUT2D eigenvalue weighted by molar-refractivity contribution is 6.34. The fourth-order valence-corrected chi connectivity index (χ4v) is 7.26. The van der Waals surface area contributed by atoms with Crippen LogP contribution < -0.4 is 9.64 Å². The third-order valence-electron chi connectivity index (χ3n) is 9.20. The Balaban J connectivity index is 1.38. The standard InChI is InChI=1S/C33H29ClF3N3O4/c1-40(31(41)26-3-2-4-28(30(26)34)33(35,36)37,29-10-7-20-6-9-25(18-27(20)29)44-32(42)43)24-12-15-39(16-13-24)23-8-5-22-19-38-14-11-21(22)17-23/h2-6,8-9,11,14,17-19,24,29H,7,10,12-13,15-16H2,1H3/p+1. The molecule has 2 heterocycles. The van der Waals surface area contributed by atoms with E-state index < -0.39 is 34.9 Å². The van der Waals surface area contributed by atoms with Crippen molar-refractivity contribution in [2.45, 2.75) is 43.9 Å². The van der Waals surface area contributed by atoms with E-state index >= 15 is 0 Å². The first-order valence-electron chi connectivity index (χ1n) is 14.4. The number of carbonyl (C=O) groups excluding carboxylic acids is 1. The zero-order valence-corrected chi connectivity index (χ0v) is 24.6. The number of amides is 1. The average Bonchev–Trinajstić information content (AvgIpc) is 3.43. The summed E-state index contributed by atoms with van der Waals surface area (Å²) in [5, 5.41) is 10.7. The molecule has 228 valence electrons. The Hall–Kier alpha value is -4.15. The maximum Gasteiger partial charge on any atom is 0.511 e. The van der Waals surface area contributed by atoms with Crippen molar-refractivity contribution in [1.82, 2.24) is 4.98 Å². The van der Waals surface area contributed by atoms with E-state index in [1.807, 2.05) is 24.4 Å². The van der Waals surface area contributed by atoms with Crippen LogP contribution in [0.3, 0.4) is 0 Å². The third-order valence-corrected chi connectivity index (χ3v) is 9.61. The Morgan fingerprint density at radius 2 is 1.80 bits per heavy atom. The first kappa shape index (κ1) is 29.9. The van der Waals surface area contributed by atoms with Gasteiger partial charge in [0.2, 0.25) is 0 Å². The molecule has 0 spiro atoms. The normalized spacial score (nSPS) is 18.6. The number of nitrogens with zero attached hydrogens (tertiary/aromatic N) is 3. The molecule has 0 saturated carbocycles. The summed E-state index contributed by atoms with van der Waals surface area (Å²) in [6.07, 6.45) is -0.223. The number of carbonyl (C=O) groups is 2. The Kier molecular flexibility index (Phi) is 7.75. The lowest BCUT2D eigenvalue weighted by Gasteiger charge is -2.47. The lowest BCUT2D eigenvalue weighted by atomic mass is 9.92. The zero-order valence-electron chi connectivity index (χ0n) is 23.9. The van der Waals surface area contributed by atoms with Crippen molar-refractivity contribution in [3.63, 3.8) is 0 Å². The molecule has 7 nitrogen and oxygen atoms in total. The van der Waals surface area contributed by atoms with Crippen LogP contribution in [0, 0.1) is 0 Å². The number of aryl methyl sites for hydroxylation is 1. The summed E-state index contributed by atoms with van der Waals surface area (Å²) in [5.74, 6) is -0.374. The number of halogens is 4. The molecule has 1 saturated heterocycles. The van der Waals surface area contributed by atoms with Crippen LogP contribution in [0.1, 0.15) is 52.4 Å². The van der Waals surface area contributed by atoms with Crippen LogP contribution in [0.15, 0.2) is 73.1 Å². The molecule has 2 atom stereocenters. The molecule has 2 aliphatic rings. The number of rotatable bonds is 5. The molecule has 6 rings (SSSR count). The van der Waals surface area contributed by atoms with Gasteiger partial charge in [-0.25, -0.2) is 14.1 Å². The second-order valence-electron chi connectivity index (χ2n) is 11.5. The molecular weight excluding hydrogens is 595 g/mol. The molecule has 11 heteroatoms. The van der Waals surface area contributed by atoms with Crippen molar-refractivity contribution in [1.29, 1.82) is 0 Å². The van der Waals surface area contributed by atoms with Gasteiger partial charge in [-0.3, -0.25) is 4.98 Å². The number of fused-ring (bicyclic) bond motifs is 2. The summed E-state index contributed by atoms with van der Waals surface area (Å²) < 4.78 is 46.2. The number of hydrogen-bond donors (Lipinski definition) is 1. The van der Waals surface area contributed by atoms with Crippen LogP contribution in [0.4, 0.5) is 23.7 Å². The highest BCUT2D eigenvalue weighted by atomic mass is 35.5. The van der Waals surface area contributed by atoms with E-state index in [0.717, 1.165) is 33.7 Å². The molecule has 2 unspecified atom stereocenters. The van der Waals surface area contributed by atoms with Crippen molar-refractivity contribution in [3.8, 4) is 5.75 Å². The van der Waals surface area contributed by atoms with Gasteiger partial charge in [0.1, 0.15) is 11.8 Å². The second-order valence-corrected chi connectivity index (χ2v) is 11.9. The molecule has 1 amide bonds. The highest BCUT2D eigenvalue weighted by Gasteiger charge is 2.51. The van der Waals surface area contributed by atoms with Crippen molar-refractivity contribution in [2.24, 2.45) is 0 Å². The van der Waals surface area contributed by atoms with Gasteiger partial charge in [-0.05, 0) is 59.8 Å². The number of carboxylic acid groups (broad SMARTS) is 1. The number of benzene rings is 3. The van der Waals surface area contributed by atoms with E-state index in [9.17, 15) is 27.9 Å². The van der Waals surface area contributed by atoms with Crippen molar-refractivity contribution in [2.75, 3.05) is 25.0 Å². The fraction of sp³-hybridized carbons (Fsp3) is 0.303. The van der Waals surface area contributed by atoms with Crippen LogP contribution in [0.25, 0.3) is 10.8 Å². The third kappa shape index (κ3) is 5.37. The van der Waals surface area contributed by atoms with Gasteiger partial charge in [0, 0.05) is 61.4 Å². The van der Waals surface area contributed by atoms with E-state index in [-0.39, 0.29) is 21.8 Å². The number of pyridine rings is 1. The van der Waals surface area contributed by atoms with E-state index in [1.54, 1.807) is 31.4 Å². The molecule has 3 aromatic carbocycles. The lowest BCUT2D eigenvalue weighted by Crippen LogP contribution is -2.60. The maximum atomic E-state index is 14.6. The smallest absolute Gasteiger partial charge is 0.449 e. The Morgan fingerprint density at radius 3 is 2.52 bits per heavy atom. The van der Waals surface area contributed by atoms with Crippen LogP contribution in [-0.4, -0.2) is 52.8 Å². The summed E-state index contributed by atoms with van der Waals surface area (Å²) in [6, 6.07) is 15.9.